The molecule has 4 unspecified atom stereocenters. The van der Waals surface area contributed by atoms with Gasteiger partial charge in [0.25, 0.3) is 5.91 Å². The summed E-state index contributed by atoms with van der Waals surface area (Å²) in [5, 5.41) is 17.1. The number of aliphatic hydroxyl groups is 1. The number of aliphatic hydroxyl groups excluding tert-OH is 1. The Morgan fingerprint density at radius 2 is 2.16 bits per heavy atom. The number of hydrogen-bond acceptors (Lipinski definition) is 3. The van der Waals surface area contributed by atoms with Crippen LogP contribution in [0.25, 0.3) is 5.69 Å². The molecule has 132 valence electrons. The van der Waals surface area contributed by atoms with Crippen molar-refractivity contribution < 1.29 is 14.3 Å². The predicted octanol–water partition coefficient (Wildman–Crippen LogP) is 2.46. The van der Waals surface area contributed by atoms with Crippen molar-refractivity contribution in [2.75, 3.05) is 6.61 Å². The Labute approximate surface area is 145 Å². The van der Waals surface area contributed by atoms with Crippen LogP contribution in [0, 0.1) is 30.5 Å². The second kappa shape index (κ2) is 6.26. The second-order valence-electron chi connectivity index (χ2n) is 7.24. The molecule has 0 radical (unpaired) electrons. The van der Waals surface area contributed by atoms with Crippen LogP contribution in [-0.4, -0.2) is 33.4 Å². The molecular formula is C19H22FN3O2. The van der Waals surface area contributed by atoms with Crippen molar-refractivity contribution in [2.24, 2.45) is 17.8 Å². The van der Waals surface area contributed by atoms with Crippen molar-refractivity contribution in [3.8, 4) is 5.69 Å². The number of benzene rings is 1. The van der Waals surface area contributed by atoms with Crippen LogP contribution in [0.2, 0.25) is 0 Å². The van der Waals surface area contributed by atoms with Crippen molar-refractivity contribution in [3.05, 3.63) is 47.5 Å². The van der Waals surface area contributed by atoms with E-state index in [0.29, 0.717) is 23.2 Å². The summed E-state index contributed by atoms with van der Waals surface area (Å²) in [7, 11) is 0. The SMILES string of the molecule is Cc1cc(C(=O)NC2C3CCC(C3)C2CO)nn1-c1cccc(F)c1. The van der Waals surface area contributed by atoms with Crippen molar-refractivity contribution in [1.29, 1.82) is 0 Å². The minimum atomic E-state index is -0.342. The fourth-order valence-corrected chi connectivity index (χ4v) is 4.58. The Hall–Kier alpha value is -2.21. The maximum absolute atomic E-state index is 13.4. The van der Waals surface area contributed by atoms with Gasteiger partial charge in [-0.25, -0.2) is 9.07 Å². The molecule has 2 aliphatic rings. The number of aromatic nitrogens is 2. The highest BCUT2D eigenvalue weighted by atomic mass is 19.1. The van der Waals surface area contributed by atoms with Crippen molar-refractivity contribution in [1.82, 2.24) is 15.1 Å². The fourth-order valence-electron chi connectivity index (χ4n) is 4.58. The van der Waals surface area contributed by atoms with E-state index in [0.717, 1.165) is 25.0 Å². The molecule has 5 nitrogen and oxygen atoms in total. The predicted molar refractivity (Wildman–Crippen MR) is 90.9 cm³/mol. The quantitative estimate of drug-likeness (QED) is 0.896. The first-order chi connectivity index (χ1) is 12.1. The number of hydrogen-bond donors (Lipinski definition) is 2. The van der Waals surface area contributed by atoms with E-state index >= 15 is 0 Å². The molecule has 4 atom stereocenters. The highest BCUT2D eigenvalue weighted by molar-refractivity contribution is 5.92. The average molecular weight is 343 g/mol. The number of rotatable bonds is 4. The number of nitrogens with one attached hydrogen (secondary N) is 1. The number of carbonyl (C=O) groups excluding carboxylic acids is 1. The largest absolute Gasteiger partial charge is 0.396 e. The summed E-state index contributed by atoms with van der Waals surface area (Å²) in [6, 6.07) is 7.87. The zero-order valence-corrected chi connectivity index (χ0v) is 14.2. The van der Waals surface area contributed by atoms with Crippen LogP contribution < -0.4 is 5.32 Å². The van der Waals surface area contributed by atoms with Crippen LogP contribution in [0.3, 0.4) is 0 Å². The van der Waals surface area contributed by atoms with Crippen LogP contribution in [0.5, 0.6) is 0 Å². The molecule has 1 aromatic carbocycles. The van der Waals surface area contributed by atoms with Gasteiger partial charge in [-0.15, -0.1) is 0 Å². The smallest absolute Gasteiger partial charge is 0.272 e. The maximum atomic E-state index is 13.4. The minimum Gasteiger partial charge on any atom is -0.396 e. The standard InChI is InChI=1S/C19H22FN3O2/c1-11-7-17(22-23(11)15-4-2-3-14(20)9-15)19(25)21-18-13-6-5-12(8-13)16(18)10-24/h2-4,7,9,12-13,16,18,24H,5-6,8,10H2,1H3,(H,21,25). The first-order valence-electron chi connectivity index (χ1n) is 8.81. The lowest BCUT2D eigenvalue weighted by Gasteiger charge is -2.30. The molecule has 4 rings (SSSR count). The summed E-state index contributed by atoms with van der Waals surface area (Å²) in [6.45, 7) is 1.95. The molecule has 0 saturated heterocycles. The van der Waals surface area contributed by atoms with Gasteiger partial charge in [-0.2, -0.15) is 5.10 Å². The maximum Gasteiger partial charge on any atom is 0.272 e. The topological polar surface area (TPSA) is 67.2 Å². The van der Waals surface area contributed by atoms with Crippen LogP contribution in [-0.2, 0) is 0 Å². The molecule has 2 bridgehead atoms. The van der Waals surface area contributed by atoms with E-state index in [1.165, 1.54) is 12.1 Å². The molecule has 0 spiro atoms. The van der Waals surface area contributed by atoms with E-state index in [4.69, 9.17) is 0 Å². The van der Waals surface area contributed by atoms with Crippen molar-refractivity contribution >= 4 is 5.91 Å². The van der Waals surface area contributed by atoms with E-state index in [9.17, 15) is 14.3 Å². The highest BCUT2D eigenvalue weighted by Crippen LogP contribution is 2.48. The molecule has 2 N–H and O–H groups in total. The highest BCUT2D eigenvalue weighted by Gasteiger charge is 2.47. The van der Waals surface area contributed by atoms with Crippen LogP contribution in [0.1, 0.15) is 35.4 Å². The molecule has 6 heteroatoms. The third-order valence-corrected chi connectivity index (χ3v) is 5.77. The Bertz CT molecular complexity index is 804. The van der Waals surface area contributed by atoms with Gasteiger partial charge < -0.3 is 10.4 Å². The van der Waals surface area contributed by atoms with Gasteiger partial charge in [0.15, 0.2) is 5.69 Å². The Morgan fingerprint density at radius 3 is 2.92 bits per heavy atom. The van der Waals surface area contributed by atoms with E-state index in [1.807, 2.05) is 6.92 Å². The van der Waals surface area contributed by atoms with Crippen molar-refractivity contribution in [2.45, 2.75) is 32.2 Å². The van der Waals surface area contributed by atoms with E-state index in [-0.39, 0.29) is 30.3 Å². The van der Waals surface area contributed by atoms with Gasteiger partial charge in [0.1, 0.15) is 5.82 Å². The third-order valence-electron chi connectivity index (χ3n) is 5.77. The monoisotopic (exact) mass is 343 g/mol. The summed E-state index contributed by atoms with van der Waals surface area (Å²) in [5.74, 6) is 0.555. The molecule has 25 heavy (non-hydrogen) atoms. The summed E-state index contributed by atoms with van der Waals surface area (Å²) in [5.41, 5.74) is 1.67. The van der Waals surface area contributed by atoms with Crippen molar-refractivity contribution in [3.63, 3.8) is 0 Å². The lowest BCUT2D eigenvalue weighted by Crippen LogP contribution is -2.45. The Kier molecular flexibility index (Phi) is 4.07. The number of aryl methyl sites for hydroxylation is 1. The Morgan fingerprint density at radius 1 is 1.36 bits per heavy atom. The molecular weight excluding hydrogens is 321 g/mol. The van der Waals surface area contributed by atoms with E-state index in [1.54, 1.807) is 22.9 Å². The van der Waals surface area contributed by atoms with Gasteiger partial charge >= 0.3 is 0 Å². The third kappa shape index (κ3) is 2.84. The summed E-state index contributed by atoms with van der Waals surface area (Å²) < 4.78 is 15.0. The van der Waals surface area contributed by atoms with Gasteiger partial charge in [0.05, 0.1) is 5.69 Å². The molecule has 2 aromatic rings. The normalized spacial score (nSPS) is 27.6. The van der Waals surface area contributed by atoms with Crippen LogP contribution >= 0.6 is 0 Å². The van der Waals surface area contributed by atoms with Gasteiger partial charge in [-0.1, -0.05) is 6.07 Å². The molecule has 2 aliphatic carbocycles. The van der Waals surface area contributed by atoms with Crippen LogP contribution in [0.4, 0.5) is 4.39 Å². The zero-order valence-electron chi connectivity index (χ0n) is 14.2. The molecule has 0 aliphatic heterocycles. The summed E-state index contributed by atoms with van der Waals surface area (Å²) in [4.78, 5) is 12.7. The lowest BCUT2D eigenvalue weighted by atomic mass is 9.85. The van der Waals surface area contributed by atoms with Gasteiger partial charge in [-0.3, -0.25) is 4.79 Å². The summed E-state index contributed by atoms with van der Waals surface area (Å²) in [6.07, 6.45) is 3.35. The number of nitrogens with zero attached hydrogens (tertiary/aromatic N) is 2. The second-order valence-corrected chi connectivity index (χ2v) is 7.24. The van der Waals surface area contributed by atoms with Gasteiger partial charge in [-0.05, 0) is 62.3 Å². The van der Waals surface area contributed by atoms with Crippen LogP contribution in [0.15, 0.2) is 30.3 Å². The zero-order chi connectivity index (χ0) is 17.6. The molecule has 2 saturated carbocycles. The molecule has 2 fully saturated rings. The molecule has 1 aromatic heterocycles. The number of carbonyl (C=O) groups is 1. The number of amides is 1. The lowest BCUT2D eigenvalue weighted by molar-refractivity contribution is 0.0856. The van der Waals surface area contributed by atoms with Gasteiger partial charge in [0, 0.05) is 24.3 Å². The first kappa shape index (κ1) is 16.3. The summed E-state index contributed by atoms with van der Waals surface area (Å²) >= 11 is 0. The number of halogens is 1. The average Bonchev–Trinajstić information content (AvgIpc) is 3.29. The van der Waals surface area contributed by atoms with E-state index < -0.39 is 0 Å². The van der Waals surface area contributed by atoms with Gasteiger partial charge in [0.2, 0.25) is 0 Å². The number of fused-ring (bicyclic) bond motifs is 2. The first-order valence-corrected chi connectivity index (χ1v) is 8.81. The fraction of sp³-hybridized carbons (Fsp3) is 0.474. The Balaban J connectivity index is 1.54. The molecule has 1 amide bonds. The molecule has 1 heterocycles. The van der Waals surface area contributed by atoms with E-state index in [2.05, 4.69) is 10.4 Å². The minimum absolute atomic E-state index is 0.0240.